The number of nitrogens with one attached hydrogen (secondary N) is 1. The Labute approximate surface area is 188 Å². The number of alkyl halides is 3. The lowest BCUT2D eigenvalue weighted by Gasteiger charge is -2.25. The van der Waals surface area contributed by atoms with Gasteiger partial charge in [0.15, 0.2) is 0 Å². The number of amides is 1. The Hall–Kier alpha value is -3.04. The molecule has 0 saturated heterocycles. The van der Waals surface area contributed by atoms with Gasteiger partial charge < -0.3 is 5.32 Å². The highest BCUT2D eigenvalue weighted by atomic mass is 35.5. The van der Waals surface area contributed by atoms with Crippen molar-refractivity contribution in [3.8, 4) is 0 Å². The first-order valence-electron chi connectivity index (χ1n) is 9.29. The molecule has 168 valence electrons. The summed E-state index contributed by atoms with van der Waals surface area (Å²) in [5.41, 5.74) is -0.560. The first-order chi connectivity index (χ1) is 15.0. The Bertz CT molecular complexity index is 1230. The molecule has 1 N–H and O–H groups in total. The molecule has 0 aromatic heterocycles. The summed E-state index contributed by atoms with van der Waals surface area (Å²) >= 11 is 5.84. The number of carbonyl (C=O) groups excluding carboxylic acids is 1. The maximum absolute atomic E-state index is 13.3. The quantitative estimate of drug-likeness (QED) is 0.504. The number of hydrogen-bond acceptors (Lipinski definition) is 3. The van der Waals surface area contributed by atoms with Gasteiger partial charge >= 0.3 is 6.18 Å². The Morgan fingerprint density at radius 3 is 2.28 bits per heavy atom. The minimum absolute atomic E-state index is 0.119. The second-order valence-electron chi connectivity index (χ2n) is 6.90. The fourth-order valence-electron chi connectivity index (χ4n) is 2.99. The van der Waals surface area contributed by atoms with Crippen molar-refractivity contribution in [1.82, 2.24) is 0 Å². The molecule has 0 aliphatic rings. The van der Waals surface area contributed by atoms with Crippen molar-refractivity contribution in [3.63, 3.8) is 0 Å². The molecule has 3 rings (SSSR count). The molecule has 0 saturated carbocycles. The molecule has 10 heteroatoms. The van der Waals surface area contributed by atoms with Crippen LogP contribution in [0.25, 0.3) is 0 Å². The van der Waals surface area contributed by atoms with Crippen LogP contribution in [-0.2, 0) is 21.0 Å². The maximum atomic E-state index is 13.3. The summed E-state index contributed by atoms with van der Waals surface area (Å²) in [7, 11) is -4.22. The van der Waals surface area contributed by atoms with Crippen LogP contribution >= 0.6 is 11.6 Å². The van der Waals surface area contributed by atoms with E-state index in [0.29, 0.717) is 5.02 Å². The van der Waals surface area contributed by atoms with Crippen LogP contribution in [0.2, 0.25) is 5.02 Å². The van der Waals surface area contributed by atoms with Crippen LogP contribution in [-0.4, -0.2) is 20.9 Å². The number of nitrogens with zero attached hydrogens (tertiary/aromatic N) is 1. The van der Waals surface area contributed by atoms with Crippen LogP contribution in [0.5, 0.6) is 0 Å². The maximum Gasteiger partial charge on any atom is 0.418 e. The van der Waals surface area contributed by atoms with Gasteiger partial charge in [-0.25, -0.2) is 8.42 Å². The first kappa shape index (κ1) is 23.6. The summed E-state index contributed by atoms with van der Waals surface area (Å²) in [6, 6.07) is 16.3. The largest absolute Gasteiger partial charge is 0.418 e. The van der Waals surface area contributed by atoms with E-state index in [0.717, 1.165) is 22.0 Å². The van der Waals surface area contributed by atoms with Crippen molar-refractivity contribution in [3.05, 3.63) is 88.9 Å². The Morgan fingerprint density at radius 2 is 1.66 bits per heavy atom. The molecule has 0 unspecified atom stereocenters. The van der Waals surface area contributed by atoms with E-state index in [1.807, 2.05) is 0 Å². The molecular weight excluding hydrogens is 465 g/mol. The van der Waals surface area contributed by atoms with Crippen molar-refractivity contribution in [2.24, 2.45) is 0 Å². The molecular formula is C22H18ClF3N2O3S. The fraction of sp³-hybridized carbons (Fsp3) is 0.136. The van der Waals surface area contributed by atoms with Crippen LogP contribution in [0.3, 0.4) is 0 Å². The molecule has 0 fully saturated rings. The zero-order valence-corrected chi connectivity index (χ0v) is 18.3. The molecule has 0 aliphatic heterocycles. The highest BCUT2D eigenvalue weighted by Gasteiger charge is 2.34. The van der Waals surface area contributed by atoms with Crippen molar-refractivity contribution in [1.29, 1.82) is 0 Å². The van der Waals surface area contributed by atoms with E-state index in [1.54, 1.807) is 25.1 Å². The van der Waals surface area contributed by atoms with E-state index in [-0.39, 0.29) is 10.6 Å². The van der Waals surface area contributed by atoms with Gasteiger partial charge in [-0.05, 0) is 61.0 Å². The average Bonchev–Trinajstić information content (AvgIpc) is 2.72. The molecule has 0 bridgehead atoms. The number of sulfonamides is 1. The number of halogens is 4. The number of benzene rings is 3. The number of anilines is 2. The molecule has 0 aliphatic carbocycles. The minimum Gasteiger partial charge on any atom is -0.324 e. The van der Waals surface area contributed by atoms with Gasteiger partial charge in [0.2, 0.25) is 5.91 Å². The summed E-state index contributed by atoms with van der Waals surface area (Å²) in [6.07, 6.45) is -4.69. The van der Waals surface area contributed by atoms with Crippen LogP contribution in [0.15, 0.2) is 77.7 Å². The number of rotatable bonds is 6. The van der Waals surface area contributed by atoms with Crippen molar-refractivity contribution < 1.29 is 26.4 Å². The number of hydrogen-bond donors (Lipinski definition) is 1. The smallest absolute Gasteiger partial charge is 0.324 e. The van der Waals surface area contributed by atoms with E-state index < -0.39 is 39.9 Å². The molecule has 0 spiro atoms. The Balaban J connectivity index is 1.97. The molecule has 3 aromatic carbocycles. The zero-order valence-electron chi connectivity index (χ0n) is 16.7. The summed E-state index contributed by atoms with van der Waals surface area (Å²) < 4.78 is 67.2. The van der Waals surface area contributed by atoms with Gasteiger partial charge in [0.25, 0.3) is 10.0 Å². The van der Waals surface area contributed by atoms with Crippen LogP contribution < -0.4 is 9.62 Å². The third-order valence-electron chi connectivity index (χ3n) is 4.49. The molecule has 5 nitrogen and oxygen atoms in total. The third kappa shape index (κ3) is 5.41. The van der Waals surface area contributed by atoms with Crippen LogP contribution in [0, 0.1) is 6.92 Å². The zero-order chi connectivity index (χ0) is 23.5. The highest BCUT2D eigenvalue weighted by molar-refractivity contribution is 7.92. The van der Waals surface area contributed by atoms with Crippen molar-refractivity contribution >= 4 is 38.9 Å². The van der Waals surface area contributed by atoms with Crippen molar-refractivity contribution in [2.75, 3.05) is 16.2 Å². The fourth-order valence-corrected chi connectivity index (χ4v) is 4.53. The highest BCUT2D eigenvalue weighted by Crippen LogP contribution is 2.34. The molecule has 32 heavy (non-hydrogen) atoms. The van der Waals surface area contributed by atoms with E-state index in [9.17, 15) is 26.4 Å². The van der Waals surface area contributed by atoms with Gasteiger partial charge in [-0.1, -0.05) is 35.9 Å². The Kier molecular flexibility index (Phi) is 6.80. The van der Waals surface area contributed by atoms with Gasteiger partial charge in [0.05, 0.1) is 21.8 Å². The monoisotopic (exact) mass is 482 g/mol. The normalized spacial score (nSPS) is 11.8. The van der Waals surface area contributed by atoms with Gasteiger partial charge in [-0.2, -0.15) is 13.2 Å². The summed E-state index contributed by atoms with van der Waals surface area (Å²) in [6.45, 7) is 1.01. The number of para-hydroxylation sites is 1. The average molecular weight is 483 g/mol. The lowest BCUT2D eigenvalue weighted by molar-refractivity contribution is -0.137. The summed E-state index contributed by atoms with van der Waals surface area (Å²) in [5.74, 6) is -0.930. The van der Waals surface area contributed by atoms with E-state index >= 15 is 0 Å². The number of aryl methyl sites for hydroxylation is 1. The number of carbonyl (C=O) groups is 1. The van der Waals surface area contributed by atoms with Crippen LogP contribution in [0.1, 0.15) is 11.1 Å². The molecule has 3 aromatic rings. The molecule has 0 heterocycles. The third-order valence-corrected chi connectivity index (χ3v) is 6.53. The molecule has 0 radical (unpaired) electrons. The first-order valence-corrected chi connectivity index (χ1v) is 11.1. The summed E-state index contributed by atoms with van der Waals surface area (Å²) in [4.78, 5) is 12.6. The minimum atomic E-state index is -4.69. The van der Waals surface area contributed by atoms with Gasteiger partial charge in [-0.3, -0.25) is 9.10 Å². The van der Waals surface area contributed by atoms with E-state index in [4.69, 9.17) is 11.6 Å². The van der Waals surface area contributed by atoms with E-state index in [1.165, 1.54) is 42.5 Å². The predicted octanol–water partition coefficient (Wildman–Crippen LogP) is 5.50. The second kappa shape index (κ2) is 9.22. The second-order valence-corrected chi connectivity index (χ2v) is 9.19. The predicted molar refractivity (Wildman–Crippen MR) is 117 cm³/mol. The van der Waals surface area contributed by atoms with Gasteiger partial charge in [0.1, 0.15) is 6.54 Å². The Morgan fingerprint density at radius 1 is 1.00 bits per heavy atom. The lowest BCUT2D eigenvalue weighted by atomic mass is 10.1. The van der Waals surface area contributed by atoms with Crippen LogP contribution in [0.4, 0.5) is 24.5 Å². The molecule has 0 atom stereocenters. The SMILES string of the molecule is Cc1cccc(N(CC(=O)Nc2ccccc2C(F)(F)F)S(=O)(=O)c2ccc(Cl)cc2)c1. The van der Waals surface area contributed by atoms with Crippen molar-refractivity contribution in [2.45, 2.75) is 18.0 Å². The van der Waals surface area contributed by atoms with Gasteiger partial charge in [0, 0.05) is 5.02 Å². The standard InChI is InChI=1S/C22H18ClF3N2O3S/c1-15-5-4-6-17(13-15)28(32(30,31)18-11-9-16(23)10-12-18)14-21(29)27-20-8-3-2-7-19(20)22(24,25)26/h2-13H,14H2,1H3,(H,27,29). The van der Waals surface area contributed by atoms with Gasteiger partial charge in [-0.15, -0.1) is 0 Å². The summed E-state index contributed by atoms with van der Waals surface area (Å²) in [5, 5.41) is 2.50. The van der Waals surface area contributed by atoms with E-state index in [2.05, 4.69) is 5.32 Å². The molecule has 1 amide bonds. The lowest BCUT2D eigenvalue weighted by Crippen LogP contribution is -2.38. The topological polar surface area (TPSA) is 66.5 Å².